The lowest BCUT2D eigenvalue weighted by Gasteiger charge is -2.05. The minimum Gasteiger partial charge on any atom is -0.126 e. The van der Waals surface area contributed by atoms with Gasteiger partial charge in [-0.1, -0.05) is 86.2 Å². The highest BCUT2D eigenvalue weighted by Gasteiger charge is 2.08. The molecule has 0 aliphatic heterocycles. The van der Waals surface area contributed by atoms with Gasteiger partial charge in [0.1, 0.15) is 8.07 Å². The van der Waals surface area contributed by atoms with Crippen LogP contribution in [0.1, 0.15) is 11.1 Å². The van der Waals surface area contributed by atoms with Crippen LogP contribution in [0.4, 0.5) is 0 Å². The van der Waals surface area contributed by atoms with Crippen molar-refractivity contribution in [3.63, 3.8) is 0 Å². The molecule has 0 bridgehead atoms. The van der Waals surface area contributed by atoms with E-state index in [0.29, 0.717) is 0 Å². The van der Waals surface area contributed by atoms with E-state index in [1.165, 1.54) is 14.0 Å². The van der Waals surface area contributed by atoms with Crippen LogP contribution in [0.5, 0.6) is 0 Å². The molecule has 140 valence electrons. The highest BCUT2D eigenvalue weighted by molar-refractivity contribution is 14.1. The van der Waals surface area contributed by atoms with Gasteiger partial charge in [-0.05, 0) is 45.9 Å². The number of halogens is 1. The van der Waals surface area contributed by atoms with Crippen LogP contribution in [0.25, 0.3) is 0 Å². The minimum absolute atomic E-state index is 0.953. The number of hydrogen-bond acceptors (Lipinski definition) is 2. The quantitative estimate of drug-likeness (QED) is 0.158. The summed E-state index contributed by atoms with van der Waals surface area (Å²) >= 11 is 6.11. The monoisotopic (exact) mass is 520 g/mol. The second-order valence-corrected chi connectivity index (χ2v) is 15.7. The zero-order chi connectivity index (χ0) is 19.5. The smallest absolute Gasteiger partial charge is 0.126 e. The van der Waals surface area contributed by atoms with Gasteiger partial charge in [-0.25, -0.2) is 0 Å². The molecular formula is C23H25IS2Si. The van der Waals surface area contributed by atoms with E-state index in [4.69, 9.17) is 0 Å². The number of rotatable bonds is 7. The van der Waals surface area contributed by atoms with Crippen LogP contribution in [0.3, 0.4) is 0 Å². The van der Waals surface area contributed by atoms with Gasteiger partial charge in [-0.2, -0.15) is 0 Å². The molecule has 0 radical (unpaired) electrons. The molecule has 0 amide bonds. The fraction of sp³-hybridized carbons (Fsp3) is 0.217. The van der Waals surface area contributed by atoms with Crippen molar-refractivity contribution >= 4 is 54.2 Å². The average molecular weight is 521 g/mol. The molecule has 27 heavy (non-hydrogen) atoms. The van der Waals surface area contributed by atoms with Crippen LogP contribution in [0.2, 0.25) is 19.6 Å². The zero-order valence-electron chi connectivity index (χ0n) is 16.0. The summed E-state index contributed by atoms with van der Waals surface area (Å²) in [6.45, 7) is 6.86. The molecule has 2 aromatic rings. The van der Waals surface area contributed by atoms with Crippen molar-refractivity contribution in [3.05, 3.63) is 91.8 Å². The van der Waals surface area contributed by atoms with Crippen molar-refractivity contribution in [1.82, 2.24) is 0 Å². The van der Waals surface area contributed by atoms with Crippen molar-refractivity contribution in [1.29, 1.82) is 0 Å². The standard InChI is InChI=1S/C23H25IS2Si/c1-27(2,3)17-16-22(25-18-20-10-6-4-7-11-20)14-15-23(24)26-19-21-12-8-5-9-13-21/h4-15H,18-19H2,1-3H3/b22-14-,23-15+. The molecule has 0 fully saturated rings. The molecule has 0 aliphatic carbocycles. The summed E-state index contributed by atoms with van der Waals surface area (Å²) in [5.74, 6) is 5.39. The Bertz CT molecular complexity index is 825. The molecule has 2 aromatic carbocycles. The Labute approximate surface area is 187 Å². The first kappa shape index (κ1) is 22.4. The Morgan fingerprint density at radius 2 is 1.37 bits per heavy atom. The van der Waals surface area contributed by atoms with Crippen molar-refractivity contribution < 1.29 is 0 Å². The molecule has 0 aromatic heterocycles. The Morgan fingerprint density at radius 1 is 0.852 bits per heavy atom. The Hall–Kier alpha value is -0.873. The first-order valence-electron chi connectivity index (χ1n) is 8.86. The summed E-state index contributed by atoms with van der Waals surface area (Å²) in [7, 11) is -1.39. The van der Waals surface area contributed by atoms with Crippen LogP contribution in [-0.4, -0.2) is 8.07 Å². The van der Waals surface area contributed by atoms with Gasteiger partial charge in [-0.3, -0.25) is 0 Å². The van der Waals surface area contributed by atoms with E-state index in [1.807, 2.05) is 23.5 Å². The molecule has 0 aliphatic rings. The van der Waals surface area contributed by atoms with Crippen molar-refractivity contribution in [2.24, 2.45) is 0 Å². The van der Waals surface area contributed by atoms with Gasteiger partial charge < -0.3 is 0 Å². The fourth-order valence-corrected chi connectivity index (χ4v) is 4.74. The number of benzene rings is 2. The van der Waals surface area contributed by atoms with Crippen molar-refractivity contribution in [2.75, 3.05) is 0 Å². The van der Waals surface area contributed by atoms with E-state index in [1.54, 1.807) is 0 Å². The summed E-state index contributed by atoms with van der Waals surface area (Å²) in [6.07, 6.45) is 4.38. The lowest BCUT2D eigenvalue weighted by Crippen LogP contribution is -2.16. The topological polar surface area (TPSA) is 0 Å². The molecule has 4 heteroatoms. The van der Waals surface area contributed by atoms with E-state index < -0.39 is 8.07 Å². The van der Waals surface area contributed by atoms with E-state index in [2.05, 4.69) is 127 Å². The molecule has 0 N–H and O–H groups in total. The minimum atomic E-state index is -1.39. The molecule has 0 saturated carbocycles. The van der Waals surface area contributed by atoms with Gasteiger partial charge >= 0.3 is 0 Å². The first-order chi connectivity index (χ1) is 12.9. The number of hydrogen-bond donors (Lipinski definition) is 0. The summed E-state index contributed by atoms with van der Waals surface area (Å²) in [5, 5.41) is 0. The maximum Gasteiger partial charge on any atom is 0.129 e. The van der Waals surface area contributed by atoms with Crippen LogP contribution >= 0.6 is 46.1 Å². The molecule has 0 saturated heterocycles. The molecular weight excluding hydrogens is 495 g/mol. The Morgan fingerprint density at radius 3 is 1.89 bits per heavy atom. The zero-order valence-corrected chi connectivity index (χ0v) is 20.8. The van der Waals surface area contributed by atoms with Crippen molar-refractivity contribution in [3.8, 4) is 11.5 Å². The van der Waals surface area contributed by atoms with Gasteiger partial charge in [0.15, 0.2) is 0 Å². The summed E-state index contributed by atoms with van der Waals surface area (Å²) < 4.78 is 1.28. The molecule has 0 heterocycles. The SMILES string of the molecule is C[Si](C)(C)C#C/C(=C/C=C(\I)SCc1ccccc1)SCc1ccccc1. The highest BCUT2D eigenvalue weighted by Crippen LogP contribution is 2.28. The molecule has 0 atom stereocenters. The van der Waals surface area contributed by atoms with Gasteiger partial charge in [0.05, 0.1) is 4.91 Å². The largest absolute Gasteiger partial charge is 0.129 e. The molecule has 0 unspecified atom stereocenters. The second-order valence-electron chi connectivity index (χ2n) is 7.05. The lowest BCUT2D eigenvalue weighted by atomic mass is 10.2. The third-order valence-corrected chi connectivity index (χ3v) is 7.47. The van der Waals surface area contributed by atoms with Crippen LogP contribution in [0.15, 0.2) is 80.6 Å². The Kier molecular flexibility index (Phi) is 9.84. The molecule has 0 nitrogen and oxygen atoms in total. The van der Waals surface area contributed by atoms with E-state index >= 15 is 0 Å². The van der Waals surface area contributed by atoms with E-state index in [-0.39, 0.29) is 0 Å². The first-order valence-corrected chi connectivity index (χ1v) is 15.4. The predicted octanol–water partition coefficient (Wildman–Crippen LogP) is 7.89. The maximum atomic E-state index is 3.50. The predicted molar refractivity (Wildman–Crippen MR) is 137 cm³/mol. The van der Waals surface area contributed by atoms with Crippen LogP contribution in [-0.2, 0) is 11.5 Å². The van der Waals surface area contributed by atoms with Gasteiger partial charge in [0.2, 0.25) is 0 Å². The normalized spacial score (nSPS) is 12.4. The third-order valence-electron chi connectivity index (χ3n) is 3.38. The van der Waals surface area contributed by atoms with Gasteiger partial charge in [0, 0.05) is 14.4 Å². The molecule has 2 rings (SSSR count). The van der Waals surface area contributed by atoms with Crippen LogP contribution in [0, 0.1) is 11.5 Å². The maximum absolute atomic E-state index is 3.50. The molecule has 0 spiro atoms. The summed E-state index contributed by atoms with van der Waals surface area (Å²) in [6, 6.07) is 21.2. The van der Waals surface area contributed by atoms with E-state index in [0.717, 1.165) is 16.4 Å². The highest BCUT2D eigenvalue weighted by atomic mass is 127. The Balaban J connectivity index is 2.04. The number of thioether (sulfide) groups is 2. The lowest BCUT2D eigenvalue weighted by molar-refractivity contribution is 1.42. The van der Waals surface area contributed by atoms with E-state index in [9.17, 15) is 0 Å². The summed E-state index contributed by atoms with van der Waals surface area (Å²) in [5.41, 5.74) is 6.19. The van der Waals surface area contributed by atoms with Crippen LogP contribution < -0.4 is 0 Å². The van der Waals surface area contributed by atoms with Gasteiger partial charge in [-0.15, -0.1) is 29.1 Å². The summed E-state index contributed by atoms with van der Waals surface area (Å²) in [4.78, 5) is 1.15. The third kappa shape index (κ3) is 10.3. The van der Waals surface area contributed by atoms with Gasteiger partial charge in [0.25, 0.3) is 0 Å². The van der Waals surface area contributed by atoms with Crippen molar-refractivity contribution in [2.45, 2.75) is 31.1 Å². The fourth-order valence-electron chi connectivity index (χ4n) is 2.03. The number of allylic oxidation sites excluding steroid dienone is 3. The second kappa shape index (κ2) is 11.9. The average Bonchev–Trinajstić information content (AvgIpc) is 2.66.